The fourth-order valence-corrected chi connectivity index (χ4v) is 4.03. The van der Waals surface area contributed by atoms with Crippen LogP contribution in [0.3, 0.4) is 0 Å². The molecule has 1 aliphatic rings. The zero-order valence-electron chi connectivity index (χ0n) is 16.3. The van der Waals surface area contributed by atoms with Gasteiger partial charge < -0.3 is 14.8 Å². The van der Waals surface area contributed by atoms with E-state index in [1.54, 1.807) is 7.11 Å². The van der Waals surface area contributed by atoms with Crippen LogP contribution >= 0.6 is 0 Å². The number of methoxy groups -OCH3 is 1. The van der Waals surface area contributed by atoms with Crippen LogP contribution in [0.25, 0.3) is 11.0 Å². The van der Waals surface area contributed by atoms with Crippen LogP contribution in [0, 0.1) is 0 Å². The molecule has 2 N–H and O–H groups in total. The van der Waals surface area contributed by atoms with Crippen molar-refractivity contribution in [3.05, 3.63) is 59.9 Å². The first kappa shape index (κ1) is 18.9. The molecular weight excluding hydrogens is 352 g/mol. The van der Waals surface area contributed by atoms with Crippen molar-refractivity contribution in [1.29, 1.82) is 0 Å². The maximum Gasteiger partial charge on any atom is 0.121 e. The largest absolute Gasteiger partial charge is 0.497 e. The number of hydrogen-bond donors (Lipinski definition) is 2. The lowest BCUT2D eigenvalue weighted by Gasteiger charge is -2.41. The molecule has 2 heterocycles. The molecule has 1 aromatic heterocycles. The van der Waals surface area contributed by atoms with Crippen molar-refractivity contribution in [3.63, 3.8) is 0 Å². The van der Waals surface area contributed by atoms with E-state index in [9.17, 15) is 5.11 Å². The number of benzene rings is 2. The fraction of sp³-hybridized carbons (Fsp3) is 0.409. The fourth-order valence-electron chi connectivity index (χ4n) is 4.03. The van der Waals surface area contributed by atoms with Crippen LogP contribution in [0.5, 0.6) is 5.75 Å². The third-order valence-corrected chi connectivity index (χ3v) is 5.48. The molecule has 0 spiro atoms. The number of H-pyrrole nitrogens is 1. The second kappa shape index (κ2) is 8.73. The monoisotopic (exact) mass is 380 g/mol. The molecular formula is C22H28N4O2. The van der Waals surface area contributed by atoms with E-state index in [1.165, 1.54) is 5.56 Å². The van der Waals surface area contributed by atoms with E-state index in [-0.39, 0.29) is 6.61 Å². The van der Waals surface area contributed by atoms with Gasteiger partial charge in [-0.05, 0) is 36.2 Å². The summed E-state index contributed by atoms with van der Waals surface area (Å²) in [6.07, 6.45) is 0.778. The molecule has 3 aromatic rings. The maximum atomic E-state index is 9.57. The highest BCUT2D eigenvalue weighted by atomic mass is 16.5. The number of rotatable bonds is 7. The summed E-state index contributed by atoms with van der Waals surface area (Å²) in [5, 5.41) is 9.57. The first-order valence-electron chi connectivity index (χ1n) is 9.89. The normalized spacial score (nSPS) is 18.6. The van der Waals surface area contributed by atoms with Gasteiger partial charge in [0.05, 0.1) is 24.7 Å². The molecule has 6 heteroatoms. The van der Waals surface area contributed by atoms with E-state index in [1.807, 2.05) is 30.3 Å². The molecule has 1 fully saturated rings. The molecule has 6 nitrogen and oxygen atoms in total. The summed E-state index contributed by atoms with van der Waals surface area (Å²) in [5.41, 5.74) is 3.34. The Hall–Kier alpha value is -2.41. The highest BCUT2D eigenvalue weighted by molar-refractivity contribution is 5.74. The van der Waals surface area contributed by atoms with Crippen LogP contribution < -0.4 is 4.74 Å². The Kier molecular flexibility index (Phi) is 5.90. The number of nitrogens with one attached hydrogen (secondary N) is 1. The highest BCUT2D eigenvalue weighted by Crippen LogP contribution is 2.21. The highest BCUT2D eigenvalue weighted by Gasteiger charge is 2.27. The Morgan fingerprint density at radius 3 is 2.86 bits per heavy atom. The summed E-state index contributed by atoms with van der Waals surface area (Å²) in [6, 6.07) is 16.7. The van der Waals surface area contributed by atoms with Gasteiger partial charge in [-0.1, -0.05) is 24.3 Å². The number of aliphatic hydroxyl groups is 1. The molecule has 1 aliphatic heterocycles. The van der Waals surface area contributed by atoms with Crippen LogP contribution in [-0.4, -0.2) is 64.3 Å². The summed E-state index contributed by atoms with van der Waals surface area (Å²) in [4.78, 5) is 13.0. The first-order valence-corrected chi connectivity index (χ1v) is 9.89. The molecule has 0 radical (unpaired) electrons. The number of aliphatic hydroxyl groups excluding tert-OH is 1. The molecule has 0 saturated carbocycles. The van der Waals surface area contributed by atoms with Gasteiger partial charge in [-0.15, -0.1) is 0 Å². The molecule has 1 saturated heterocycles. The molecule has 0 aliphatic carbocycles. The molecule has 28 heavy (non-hydrogen) atoms. The zero-order chi connectivity index (χ0) is 19.3. The number of aromatic amines is 1. The van der Waals surface area contributed by atoms with Gasteiger partial charge in [-0.3, -0.25) is 9.80 Å². The third kappa shape index (κ3) is 4.35. The smallest absolute Gasteiger partial charge is 0.121 e. The van der Waals surface area contributed by atoms with Crippen molar-refractivity contribution in [2.75, 3.05) is 33.4 Å². The topological polar surface area (TPSA) is 64.6 Å². The Labute approximate surface area is 165 Å². The summed E-state index contributed by atoms with van der Waals surface area (Å²) >= 11 is 0. The van der Waals surface area contributed by atoms with Crippen molar-refractivity contribution in [2.45, 2.75) is 25.6 Å². The predicted molar refractivity (Wildman–Crippen MR) is 110 cm³/mol. The third-order valence-electron chi connectivity index (χ3n) is 5.48. The minimum Gasteiger partial charge on any atom is -0.497 e. The minimum absolute atomic E-state index is 0.206. The van der Waals surface area contributed by atoms with Crippen molar-refractivity contribution >= 4 is 11.0 Å². The van der Waals surface area contributed by atoms with Crippen molar-refractivity contribution in [2.24, 2.45) is 0 Å². The summed E-state index contributed by atoms with van der Waals surface area (Å²) in [6.45, 7) is 4.79. The van der Waals surface area contributed by atoms with Crippen molar-refractivity contribution < 1.29 is 9.84 Å². The van der Waals surface area contributed by atoms with E-state index in [0.29, 0.717) is 6.04 Å². The number of aromatic nitrogens is 2. The van der Waals surface area contributed by atoms with E-state index in [0.717, 1.165) is 61.8 Å². The van der Waals surface area contributed by atoms with Gasteiger partial charge in [0.2, 0.25) is 0 Å². The van der Waals surface area contributed by atoms with Gasteiger partial charge in [0.1, 0.15) is 11.6 Å². The Bertz CT molecular complexity index is 877. The van der Waals surface area contributed by atoms with Crippen LogP contribution in [0.15, 0.2) is 48.5 Å². The van der Waals surface area contributed by atoms with Crippen molar-refractivity contribution in [3.8, 4) is 5.75 Å². The van der Waals surface area contributed by atoms with Gasteiger partial charge >= 0.3 is 0 Å². The molecule has 0 bridgehead atoms. The average molecular weight is 380 g/mol. The van der Waals surface area contributed by atoms with Crippen LogP contribution in [0.4, 0.5) is 0 Å². The van der Waals surface area contributed by atoms with E-state index in [2.05, 4.69) is 33.0 Å². The van der Waals surface area contributed by atoms with Gasteiger partial charge in [0, 0.05) is 38.8 Å². The summed E-state index contributed by atoms with van der Waals surface area (Å²) in [5.74, 6) is 1.89. The Morgan fingerprint density at radius 1 is 1.14 bits per heavy atom. The number of imidazole rings is 1. The number of fused-ring (bicyclic) bond motifs is 1. The van der Waals surface area contributed by atoms with Gasteiger partial charge in [0.25, 0.3) is 0 Å². The number of ether oxygens (including phenoxy) is 1. The molecule has 2 aromatic carbocycles. The number of hydrogen-bond acceptors (Lipinski definition) is 5. The number of para-hydroxylation sites is 2. The number of piperazine rings is 1. The van der Waals surface area contributed by atoms with Gasteiger partial charge in [0.15, 0.2) is 0 Å². The molecule has 1 atom stereocenters. The first-order chi connectivity index (χ1) is 13.7. The van der Waals surface area contributed by atoms with Gasteiger partial charge in [-0.2, -0.15) is 0 Å². The number of nitrogens with zero attached hydrogens (tertiary/aromatic N) is 3. The average Bonchev–Trinajstić information content (AvgIpc) is 3.12. The summed E-state index contributed by atoms with van der Waals surface area (Å²) < 4.78 is 5.35. The lowest BCUT2D eigenvalue weighted by Crippen LogP contribution is -2.52. The molecule has 148 valence electrons. The second-order valence-electron chi connectivity index (χ2n) is 7.42. The van der Waals surface area contributed by atoms with E-state index < -0.39 is 0 Å². The lowest BCUT2D eigenvalue weighted by molar-refractivity contribution is 0.0489. The van der Waals surface area contributed by atoms with Crippen LogP contribution in [-0.2, 0) is 13.1 Å². The Morgan fingerprint density at radius 2 is 2.04 bits per heavy atom. The van der Waals surface area contributed by atoms with Crippen LogP contribution in [0.2, 0.25) is 0 Å². The van der Waals surface area contributed by atoms with E-state index in [4.69, 9.17) is 9.72 Å². The van der Waals surface area contributed by atoms with E-state index >= 15 is 0 Å². The minimum atomic E-state index is 0.206. The predicted octanol–water partition coefficient (Wildman–Crippen LogP) is 2.64. The lowest BCUT2D eigenvalue weighted by atomic mass is 10.1. The Balaban J connectivity index is 1.42. The maximum absolute atomic E-state index is 9.57. The van der Waals surface area contributed by atoms with Crippen LogP contribution in [0.1, 0.15) is 17.8 Å². The van der Waals surface area contributed by atoms with Gasteiger partial charge in [-0.25, -0.2) is 4.98 Å². The SMILES string of the molecule is COc1cccc(CN2CCN(Cc3nc4ccccc4[nH]3)CC2CCO)c1. The summed E-state index contributed by atoms with van der Waals surface area (Å²) in [7, 11) is 1.70. The second-order valence-corrected chi connectivity index (χ2v) is 7.42. The van der Waals surface area contributed by atoms with Crippen molar-refractivity contribution in [1.82, 2.24) is 19.8 Å². The quantitative estimate of drug-likeness (QED) is 0.660. The molecule has 4 rings (SSSR count). The zero-order valence-corrected chi connectivity index (χ0v) is 16.3. The standard InChI is InChI=1S/C22H28N4O2/c1-28-19-6-4-5-17(13-19)14-26-11-10-25(15-18(26)9-12-27)16-22-23-20-7-2-3-8-21(20)24-22/h2-8,13,18,27H,9-12,14-16H2,1H3,(H,23,24). The molecule has 0 amide bonds. The molecule has 1 unspecified atom stereocenters.